The fourth-order valence-corrected chi connectivity index (χ4v) is 3.08. The van der Waals surface area contributed by atoms with Crippen LogP contribution >= 0.6 is 0 Å². The SMILES string of the molecule is CN(Cc1ccccc1)Cc1cc(C(=O)N(C)C[C@@H]2CCCO2)no1. The molecule has 6 heteroatoms. The third-order valence-electron chi connectivity index (χ3n) is 4.35. The summed E-state index contributed by atoms with van der Waals surface area (Å²) in [6.07, 6.45) is 2.21. The minimum atomic E-state index is -0.129. The van der Waals surface area contributed by atoms with E-state index in [1.54, 1.807) is 18.0 Å². The van der Waals surface area contributed by atoms with Gasteiger partial charge in [0.15, 0.2) is 11.5 Å². The van der Waals surface area contributed by atoms with Gasteiger partial charge in [-0.25, -0.2) is 0 Å². The van der Waals surface area contributed by atoms with Gasteiger partial charge in [-0.2, -0.15) is 0 Å². The lowest BCUT2D eigenvalue weighted by Gasteiger charge is -2.19. The van der Waals surface area contributed by atoms with E-state index >= 15 is 0 Å². The average molecular weight is 343 g/mol. The van der Waals surface area contributed by atoms with Crippen molar-refractivity contribution in [3.8, 4) is 0 Å². The molecule has 3 rings (SSSR count). The maximum atomic E-state index is 12.5. The van der Waals surface area contributed by atoms with Gasteiger partial charge in [0, 0.05) is 32.8 Å². The Kier molecular flexibility index (Phi) is 5.83. The van der Waals surface area contributed by atoms with Crippen molar-refractivity contribution >= 4 is 5.91 Å². The zero-order valence-electron chi connectivity index (χ0n) is 14.9. The van der Waals surface area contributed by atoms with Gasteiger partial charge in [0.25, 0.3) is 5.91 Å². The highest BCUT2D eigenvalue weighted by Crippen LogP contribution is 2.15. The molecule has 0 saturated carbocycles. The normalized spacial score (nSPS) is 17.2. The van der Waals surface area contributed by atoms with Gasteiger partial charge in [-0.05, 0) is 25.5 Å². The number of ether oxygens (including phenoxy) is 1. The van der Waals surface area contributed by atoms with E-state index in [1.165, 1.54) is 5.56 Å². The Bertz CT molecular complexity index is 680. The standard InChI is InChI=1S/C19H25N3O3/c1-21(12-15-7-4-3-5-8-15)13-17-11-18(20-25-17)19(23)22(2)14-16-9-6-10-24-16/h3-5,7-8,11,16H,6,9-10,12-14H2,1-2H3/t16-/m0/s1. The largest absolute Gasteiger partial charge is 0.376 e. The van der Waals surface area contributed by atoms with Crippen LogP contribution in [-0.2, 0) is 17.8 Å². The van der Waals surface area contributed by atoms with Crippen molar-refractivity contribution in [3.63, 3.8) is 0 Å². The van der Waals surface area contributed by atoms with E-state index in [0.29, 0.717) is 24.5 Å². The van der Waals surface area contributed by atoms with E-state index in [9.17, 15) is 4.79 Å². The van der Waals surface area contributed by atoms with Crippen LogP contribution in [0.1, 0.15) is 34.7 Å². The Morgan fingerprint density at radius 2 is 2.04 bits per heavy atom. The molecule has 6 nitrogen and oxygen atoms in total. The lowest BCUT2D eigenvalue weighted by atomic mass is 10.2. The minimum Gasteiger partial charge on any atom is -0.376 e. The Balaban J connectivity index is 1.53. The van der Waals surface area contributed by atoms with E-state index in [4.69, 9.17) is 9.26 Å². The van der Waals surface area contributed by atoms with Crippen LogP contribution in [0.3, 0.4) is 0 Å². The highest BCUT2D eigenvalue weighted by Gasteiger charge is 2.23. The summed E-state index contributed by atoms with van der Waals surface area (Å²) in [5.74, 6) is 0.559. The number of nitrogens with zero attached hydrogens (tertiary/aromatic N) is 3. The quantitative estimate of drug-likeness (QED) is 0.773. The van der Waals surface area contributed by atoms with Crippen LogP contribution in [0.25, 0.3) is 0 Å². The molecular weight excluding hydrogens is 318 g/mol. The highest BCUT2D eigenvalue weighted by atomic mass is 16.5. The summed E-state index contributed by atoms with van der Waals surface area (Å²) in [5, 5.41) is 3.94. The molecule has 0 N–H and O–H groups in total. The second kappa shape index (κ2) is 8.27. The number of hydrogen-bond donors (Lipinski definition) is 0. The molecule has 25 heavy (non-hydrogen) atoms. The summed E-state index contributed by atoms with van der Waals surface area (Å²) in [6, 6.07) is 12.0. The number of likely N-dealkylation sites (N-methyl/N-ethyl adjacent to an activating group) is 1. The van der Waals surface area contributed by atoms with Crippen LogP contribution in [0.15, 0.2) is 40.9 Å². The number of carbonyl (C=O) groups is 1. The summed E-state index contributed by atoms with van der Waals surface area (Å²) in [6.45, 7) is 2.79. The molecule has 1 aliphatic rings. The predicted molar refractivity (Wildman–Crippen MR) is 94.1 cm³/mol. The third-order valence-corrected chi connectivity index (χ3v) is 4.35. The fraction of sp³-hybridized carbons (Fsp3) is 0.474. The van der Waals surface area contributed by atoms with E-state index in [0.717, 1.165) is 26.0 Å². The van der Waals surface area contributed by atoms with Gasteiger partial charge in [-0.1, -0.05) is 35.5 Å². The molecule has 0 radical (unpaired) electrons. The lowest BCUT2D eigenvalue weighted by Crippen LogP contribution is -2.34. The van der Waals surface area contributed by atoms with Crippen molar-refractivity contribution in [2.75, 3.05) is 27.2 Å². The summed E-state index contributed by atoms with van der Waals surface area (Å²) in [4.78, 5) is 16.2. The van der Waals surface area contributed by atoms with Crippen molar-refractivity contribution in [2.24, 2.45) is 0 Å². The molecule has 1 amide bonds. The van der Waals surface area contributed by atoms with E-state index in [1.807, 2.05) is 25.2 Å². The summed E-state index contributed by atoms with van der Waals surface area (Å²) in [7, 11) is 3.79. The third kappa shape index (κ3) is 4.90. The van der Waals surface area contributed by atoms with Gasteiger partial charge < -0.3 is 14.2 Å². The Labute approximate surface area is 148 Å². The molecule has 0 aliphatic carbocycles. The van der Waals surface area contributed by atoms with Gasteiger partial charge in [-0.15, -0.1) is 0 Å². The van der Waals surface area contributed by atoms with Crippen LogP contribution < -0.4 is 0 Å². The van der Waals surface area contributed by atoms with Gasteiger partial charge in [0.05, 0.1) is 12.6 Å². The van der Waals surface area contributed by atoms with E-state index < -0.39 is 0 Å². The van der Waals surface area contributed by atoms with Gasteiger partial charge >= 0.3 is 0 Å². The zero-order valence-corrected chi connectivity index (χ0v) is 14.9. The molecule has 134 valence electrons. The maximum absolute atomic E-state index is 12.5. The van der Waals surface area contributed by atoms with Crippen molar-refractivity contribution < 1.29 is 14.1 Å². The summed E-state index contributed by atoms with van der Waals surface area (Å²) < 4.78 is 10.9. The topological polar surface area (TPSA) is 58.8 Å². The molecule has 1 aromatic heterocycles. The number of carbonyl (C=O) groups excluding carboxylic acids is 1. The molecular formula is C19H25N3O3. The van der Waals surface area contributed by atoms with Crippen LogP contribution in [0.5, 0.6) is 0 Å². The zero-order chi connectivity index (χ0) is 17.6. The van der Waals surface area contributed by atoms with Crippen LogP contribution in [-0.4, -0.2) is 54.2 Å². The molecule has 1 saturated heterocycles. The summed E-state index contributed by atoms with van der Waals surface area (Å²) >= 11 is 0. The van der Waals surface area contributed by atoms with Gasteiger partial charge in [-0.3, -0.25) is 9.69 Å². The van der Waals surface area contributed by atoms with Crippen LogP contribution in [0, 0.1) is 0 Å². The second-order valence-corrected chi connectivity index (χ2v) is 6.66. The average Bonchev–Trinajstić information content (AvgIpc) is 3.27. The van der Waals surface area contributed by atoms with E-state index in [-0.39, 0.29) is 12.0 Å². The molecule has 2 aromatic rings. The predicted octanol–water partition coefficient (Wildman–Crippen LogP) is 2.56. The van der Waals surface area contributed by atoms with Crippen molar-refractivity contribution in [1.82, 2.24) is 15.0 Å². The monoisotopic (exact) mass is 343 g/mol. The molecule has 1 atom stereocenters. The van der Waals surface area contributed by atoms with Crippen molar-refractivity contribution in [1.29, 1.82) is 0 Å². The Morgan fingerprint density at radius 1 is 1.24 bits per heavy atom. The minimum absolute atomic E-state index is 0.129. The molecule has 0 bridgehead atoms. The fourth-order valence-electron chi connectivity index (χ4n) is 3.08. The highest BCUT2D eigenvalue weighted by molar-refractivity contribution is 5.92. The first-order chi connectivity index (χ1) is 12.1. The smallest absolute Gasteiger partial charge is 0.275 e. The first kappa shape index (κ1) is 17.6. The summed E-state index contributed by atoms with van der Waals surface area (Å²) in [5.41, 5.74) is 1.58. The van der Waals surface area contributed by atoms with Crippen molar-refractivity contribution in [3.05, 3.63) is 53.4 Å². The van der Waals surface area contributed by atoms with E-state index in [2.05, 4.69) is 22.2 Å². The first-order valence-electron chi connectivity index (χ1n) is 8.67. The van der Waals surface area contributed by atoms with Crippen molar-refractivity contribution in [2.45, 2.75) is 32.0 Å². The molecule has 1 aromatic carbocycles. The number of amides is 1. The van der Waals surface area contributed by atoms with Gasteiger partial charge in [0.1, 0.15) is 0 Å². The van der Waals surface area contributed by atoms with Gasteiger partial charge in [0.2, 0.25) is 0 Å². The molecule has 0 unspecified atom stereocenters. The number of hydrogen-bond acceptors (Lipinski definition) is 5. The number of benzene rings is 1. The van der Waals surface area contributed by atoms with Crippen LogP contribution in [0.4, 0.5) is 0 Å². The van der Waals surface area contributed by atoms with Crippen LogP contribution in [0.2, 0.25) is 0 Å². The Hall–Kier alpha value is -2.18. The molecule has 0 spiro atoms. The number of aromatic nitrogens is 1. The number of rotatable bonds is 7. The molecule has 1 aliphatic heterocycles. The molecule has 1 fully saturated rings. The Morgan fingerprint density at radius 3 is 2.76 bits per heavy atom. The maximum Gasteiger partial charge on any atom is 0.275 e. The lowest BCUT2D eigenvalue weighted by molar-refractivity contribution is 0.0579. The molecule has 2 heterocycles. The second-order valence-electron chi connectivity index (χ2n) is 6.66. The first-order valence-corrected chi connectivity index (χ1v) is 8.67.